The molecule has 1 atom stereocenters. The van der Waals surface area contributed by atoms with Crippen LogP contribution in [0.5, 0.6) is 5.75 Å². The molecule has 5 nitrogen and oxygen atoms in total. The second-order valence-corrected chi connectivity index (χ2v) is 7.97. The number of fused-ring (bicyclic) bond motifs is 1. The largest absolute Gasteiger partial charge is 0.491 e. The Morgan fingerprint density at radius 2 is 1.87 bits per heavy atom. The summed E-state index contributed by atoms with van der Waals surface area (Å²) in [5.41, 5.74) is 4.30. The maximum absolute atomic E-state index is 12.6. The molecule has 1 unspecified atom stereocenters. The lowest BCUT2D eigenvalue weighted by molar-refractivity contribution is -0.125. The summed E-state index contributed by atoms with van der Waals surface area (Å²) < 4.78 is 8.26. The molecular formula is C25H33N3O2. The molecule has 3 rings (SSSR count). The lowest BCUT2D eigenvalue weighted by atomic mass is 10.0. The number of para-hydroxylation sites is 2. The third kappa shape index (κ3) is 4.84. The van der Waals surface area contributed by atoms with Crippen molar-refractivity contribution in [1.82, 2.24) is 14.9 Å². The minimum absolute atomic E-state index is 0.0397. The fourth-order valence-corrected chi connectivity index (χ4v) is 3.82. The highest BCUT2D eigenvalue weighted by Crippen LogP contribution is 2.23. The van der Waals surface area contributed by atoms with Crippen molar-refractivity contribution < 1.29 is 9.53 Å². The van der Waals surface area contributed by atoms with E-state index >= 15 is 0 Å². The highest BCUT2D eigenvalue weighted by Gasteiger charge is 2.21. The van der Waals surface area contributed by atoms with Crippen LogP contribution < -0.4 is 10.1 Å². The minimum Gasteiger partial charge on any atom is -0.491 e. The van der Waals surface area contributed by atoms with E-state index in [0.717, 1.165) is 41.0 Å². The number of hydrogen-bond acceptors (Lipinski definition) is 3. The molecule has 5 heteroatoms. The summed E-state index contributed by atoms with van der Waals surface area (Å²) in [5, 5.41) is 3.16. The molecule has 1 aromatic heterocycles. The quantitative estimate of drug-likeness (QED) is 0.520. The first-order valence-electron chi connectivity index (χ1n) is 10.9. The number of carbonyl (C=O) groups excluding carboxylic acids is 1. The molecule has 0 saturated heterocycles. The van der Waals surface area contributed by atoms with Crippen molar-refractivity contribution in [2.24, 2.45) is 5.92 Å². The van der Waals surface area contributed by atoms with E-state index in [4.69, 9.17) is 9.72 Å². The summed E-state index contributed by atoms with van der Waals surface area (Å²) in [4.78, 5) is 17.4. The van der Waals surface area contributed by atoms with E-state index in [-0.39, 0.29) is 17.9 Å². The van der Waals surface area contributed by atoms with Gasteiger partial charge in [0.15, 0.2) is 0 Å². The Labute approximate surface area is 179 Å². The molecule has 1 amide bonds. The van der Waals surface area contributed by atoms with Crippen molar-refractivity contribution in [3.8, 4) is 5.75 Å². The molecule has 1 heterocycles. The second-order valence-electron chi connectivity index (χ2n) is 7.97. The zero-order valence-corrected chi connectivity index (χ0v) is 18.7. The van der Waals surface area contributed by atoms with Gasteiger partial charge in [-0.15, -0.1) is 0 Å². The van der Waals surface area contributed by atoms with Crippen LogP contribution in [-0.4, -0.2) is 22.1 Å². The number of imidazole rings is 1. The average molecular weight is 408 g/mol. The number of rotatable bonds is 9. The van der Waals surface area contributed by atoms with Gasteiger partial charge >= 0.3 is 0 Å². The first-order chi connectivity index (χ1) is 14.4. The van der Waals surface area contributed by atoms with Gasteiger partial charge in [-0.2, -0.15) is 0 Å². The highest BCUT2D eigenvalue weighted by molar-refractivity contribution is 5.79. The number of benzene rings is 2. The van der Waals surface area contributed by atoms with E-state index in [1.807, 2.05) is 25.1 Å². The Hall–Kier alpha value is -2.82. The van der Waals surface area contributed by atoms with Gasteiger partial charge < -0.3 is 14.6 Å². The Kier molecular flexibility index (Phi) is 7.14. The van der Waals surface area contributed by atoms with Gasteiger partial charge in [0.25, 0.3) is 0 Å². The van der Waals surface area contributed by atoms with E-state index < -0.39 is 0 Å². The fraction of sp³-hybridized carbons (Fsp3) is 0.440. The van der Waals surface area contributed by atoms with Gasteiger partial charge in [-0.3, -0.25) is 4.79 Å². The Balaban J connectivity index is 1.81. The number of hydrogen-bond donors (Lipinski definition) is 1. The molecule has 0 radical (unpaired) electrons. The van der Waals surface area contributed by atoms with Crippen molar-refractivity contribution in [3.63, 3.8) is 0 Å². The molecule has 0 fully saturated rings. The van der Waals surface area contributed by atoms with Gasteiger partial charge in [-0.25, -0.2) is 4.98 Å². The molecule has 160 valence electrons. The number of aromatic nitrogens is 2. The lowest BCUT2D eigenvalue weighted by Crippen LogP contribution is -2.33. The smallest absolute Gasteiger partial charge is 0.223 e. The van der Waals surface area contributed by atoms with Crippen LogP contribution in [0.3, 0.4) is 0 Å². The van der Waals surface area contributed by atoms with Crippen LogP contribution in [0.25, 0.3) is 11.0 Å². The van der Waals surface area contributed by atoms with Crippen molar-refractivity contribution in [2.75, 3.05) is 6.61 Å². The second kappa shape index (κ2) is 9.79. The van der Waals surface area contributed by atoms with Crippen LogP contribution in [-0.2, 0) is 11.3 Å². The van der Waals surface area contributed by atoms with Crippen LogP contribution >= 0.6 is 0 Å². The van der Waals surface area contributed by atoms with Gasteiger partial charge in [0.1, 0.15) is 18.2 Å². The first-order valence-corrected chi connectivity index (χ1v) is 10.9. The van der Waals surface area contributed by atoms with E-state index in [9.17, 15) is 4.79 Å². The monoisotopic (exact) mass is 407 g/mol. The third-order valence-corrected chi connectivity index (χ3v) is 5.70. The van der Waals surface area contributed by atoms with E-state index in [1.54, 1.807) is 0 Å². The molecule has 0 bridgehead atoms. The number of carbonyl (C=O) groups is 1. The fourth-order valence-electron chi connectivity index (χ4n) is 3.82. The van der Waals surface area contributed by atoms with Gasteiger partial charge in [0.2, 0.25) is 5.91 Å². The number of ether oxygens (including phenoxy) is 1. The Morgan fingerprint density at radius 1 is 1.13 bits per heavy atom. The molecule has 2 aromatic carbocycles. The standard InChI is InChI=1S/C25H33N3O2/c1-6-20(7-2)25(29)26-19(5)24-27-21-10-8-9-11-22(21)28(24)14-15-30-23-16-17(3)12-13-18(23)4/h8-13,16,19-20H,6-7,14-15H2,1-5H3,(H,26,29). The number of nitrogens with zero attached hydrogens (tertiary/aromatic N) is 2. The van der Waals surface area contributed by atoms with Gasteiger partial charge in [-0.1, -0.05) is 38.1 Å². The maximum atomic E-state index is 12.6. The number of nitrogens with one attached hydrogen (secondary N) is 1. The minimum atomic E-state index is -0.175. The predicted octanol–water partition coefficient (Wildman–Crippen LogP) is 5.35. The molecule has 0 spiro atoms. The first kappa shape index (κ1) is 21.9. The van der Waals surface area contributed by atoms with Crippen LogP contribution in [0, 0.1) is 19.8 Å². The zero-order valence-electron chi connectivity index (χ0n) is 18.7. The summed E-state index contributed by atoms with van der Waals surface area (Å²) in [5.74, 6) is 1.91. The van der Waals surface area contributed by atoms with E-state index in [1.165, 1.54) is 5.56 Å². The normalized spacial score (nSPS) is 12.3. The van der Waals surface area contributed by atoms with Crippen molar-refractivity contribution in [3.05, 3.63) is 59.4 Å². The maximum Gasteiger partial charge on any atom is 0.223 e. The van der Waals surface area contributed by atoms with Crippen LogP contribution in [0.1, 0.15) is 56.6 Å². The molecule has 1 N–H and O–H groups in total. The summed E-state index contributed by atoms with van der Waals surface area (Å²) in [6.07, 6.45) is 1.68. The zero-order chi connectivity index (χ0) is 21.7. The molecule has 0 aliphatic heterocycles. The van der Waals surface area contributed by atoms with E-state index in [0.29, 0.717) is 13.2 Å². The summed E-state index contributed by atoms with van der Waals surface area (Å²) >= 11 is 0. The van der Waals surface area contributed by atoms with Crippen molar-refractivity contribution >= 4 is 16.9 Å². The summed E-state index contributed by atoms with van der Waals surface area (Å²) in [7, 11) is 0. The van der Waals surface area contributed by atoms with Gasteiger partial charge in [0, 0.05) is 5.92 Å². The van der Waals surface area contributed by atoms with Crippen molar-refractivity contribution in [2.45, 2.75) is 60.0 Å². The molecule has 0 saturated carbocycles. The number of amides is 1. The average Bonchev–Trinajstić information content (AvgIpc) is 3.10. The van der Waals surface area contributed by atoms with Gasteiger partial charge in [-0.05, 0) is 62.9 Å². The molecule has 30 heavy (non-hydrogen) atoms. The molecular weight excluding hydrogens is 374 g/mol. The third-order valence-electron chi connectivity index (χ3n) is 5.70. The van der Waals surface area contributed by atoms with Crippen molar-refractivity contribution in [1.29, 1.82) is 0 Å². The molecule has 0 aliphatic rings. The van der Waals surface area contributed by atoms with Crippen LogP contribution in [0.15, 0.2) is 42.5 Å². The van der Waals surface area contributed by atoms with Gasteiger partial charge in [0.05, 0.1) is 23.6 Å². The topological polar surface area (TPSA) is 56.2 Å². The predicted molar refractivity (Wildman–Crippen MR) is 122 cm³/mol. The SMILES string of the molecule is CCC(CC)C(=O)NC(C)c1nc2ccccc2n1CCOc1cc(C)ccc1C. The summed E-state index contributed by atoms with van der Waals surface area (Å²) in [6, 6.07) is 14.2. The Morgan fingerprint density at radius 3 is 2.60 bits per heavy atom. The Bertz CT molecular complexity index is 1000. The molecule has 0 aliphatic carbocycles. The van der Waals surface area contributed by atoms with E-state index in [2.05, 4.69) is 61.8 Å². The molecule has 3 aromatic rings. The van der Waals surface area contributed by atoms with Crippen LogP contribution in [0.2, 0.25) is 0 Å². The summed E-state index contributed by atoms with van der Waals surface area (Å²) in [6.45, 7) is 11.4. The highest BCUT2D eigenvalue weighted by atomic mass is 16.5. The van der Waals surface area contributed by atoms with Crippen LogP contribution in [0.4, 0.5) is 0 Å². The number of aryl methyl sites for hydroxylation is 2. The lowest BCUT2D eigenvalue weighted by Gasteiger charge is -2.20.